The molecule has 2 saturated heterocycles. The van der Waals surface area contributed by atoms with Crippen molar-refractivity contribution in [1.82, 2.24) is 19.6 Å². The van der Waals surface area contributed by atoms with Crippen LogP contribution in [0.1, 0.15) is 140 Å². The Kier molecular flexibility index (Phi) is 34.0. The van der Waals surface area contributed by atoms with Crippen LogP contribution < -0.4 is 9.80 Å². The van der Waals surface area contributed by atoms with Crippen molar-refractivity contribution >= 4 is 34.7 Å². The van der Waals surface area contributed by atoms with Crippen LogP contribution in [0.2, 0.25) is 0 Å². The summed E-state index contributed by atoms with van der Waals surface area (Å²) in [7, 11) is 7.92. The molecule has 430 valence electrons. The molecule has 0 aromatic heterocycles. The maximum atomic E-state index is 13.8. The molecule has 3 aromatic rings. The first-order valence-electron chi connectivity index (χ1n) is 28.6. The number of ketones is 3. The Morgan fingerprint density at radius 1 is 0.636 bits per heavy atom. The Balaban J connectivity index is 0.000000647. The minimum absolute atomic E-state index is 0.104. The zero-order valence-corrected chi connectivity index (χ0v) is 50.5. The van der Waals surface area contributed by atoms with Gasteiger partial charge in [0.05, 0.1) is 17.5 Å². The van der Waals surface area contributed by atoms with Crippen molar-refractivity contribution < 1.29 is 29.4 Å². The molecule has 0 amide bonds. The monoisotopic (exact) mass is 1060 g/mol. The molecular weight excluding hydrogens is 961 g/mol. The highest BCUT2D eigenvalue weighted by Crippen LogP contribution is 2.32. The summed E-state index contributed by atoms with van der Waals surface area (Å²) in [5, 5.41) is 17.1. The van der Waals surface area contributed by atoms with Crippen LogP contribution in [0, 0.1) is 11.8 Å². The molecule has 2 aliphatic heterocycles. The number of hydrogen-bond donors (Lipinski definition) is 2. The summed E-state index contributed by atoms with van der Waals surface area (Å²) in [4.78, 5) is 63.4. The summed E-state index contributed by atoms with van der Waals surface area (Å²) in [5.41, 5.74) is 4.65. The summed E-state index contributed by atoms with van der Waals surface area (Å²) in [6.45, 7) is 37.1. The van der Waals surface area contributed by atoms with Gasteiger partial charge in [-0.3, -0.25) is 38.8 Å². The average molecular weight is 1070 g/mol. The maximum absolute atomic E-state index is 13.8. The van der Waals surface area contributed by atoms with Gasteiger partial charge in [0, 0.05) is 107 Å². The molecular formula is C65H104N6O6. The van der Waals surface area contributed by atoms with Crippen molar-refractivity contribution in [2.75, 3.05) is 110 Å². The van der Waals surface area contributed by atoms with Crippen LogP contribution in [0.5, 0.6) is 0 Å². The second kappa shape index (κ2) is 37.6. The normalized spacial score (nSPS) is 15.5. The number of rotatable bonds is 25. The van der Waals surface area contributed by atoms with Crippen LogP contribution in [0.15, 0.2) is 116 Å². The van der Waals surface area contributed by atoms with Crippen molar-refractivity contribution in [3.05, 3.63) is 133 Å². The predicted molar refractivity (Wildman–Crippen MR) is 326 cm³/mol. The quantitative estimate of drug-likeness (QED) is 0.0619. The average Bonchev–Trinajstić information content (AvgIpc) is 3.43. The zero-order valence-electron chi connectivity index (χ0n) is 50.5. The number of carbonyl (C=O) groups is 4. The lowest BCUT2D eigenvalue weighted by atomic mass is 9.80. The van der Waals surface area contributed by atoms with Crippen LogP contribution in [-0.4, -0.2) is 164 Å². The number of anilines is 2. The highest BCUT2D eigenvalue weighted by molar-refractivity contribution is 6.04. The van der Waals surface area contributed by atoms with E-state index in [9.17, 15) is 19.2 Å². The van der Waals surface area contributed by atoms with Crippen LogP contribution in [0.25, 0.3) is 0 Å². The van der Waals surface area contributed by atoms with Crippen molar-refractivity contribution in [2.45, 2.75) is 132 Å². The number of nitrogens with zero attached hydrogens (tertiary/aromatic N) is 6. The predicted octanol–water partition coefficient (Wildman–Crippen LogP) is 11.9. The molecule has 3 aromatic carbocycles. The van der Waals surface area contributed by atoms with E-state index in [1.54, 1.807) is 12.2 Å². The highest BCUT2D eigenvalue weighted by atomic mass is 16.4. The molecule has 0 spiro atoms. The van der Waals surface area contributed by atoms with Crippen molar-refractivity contribution in [1.29, 1.82) is 0 Å². The zero-order chi connectivity index (χ0) is 58.1. The molecule has 77 heavy (non-hydrogen) atoms. The van der Waals surface area contributed by atoms with Crippen LogP contribution >= 0.6 is 0 Å². The van der Waals surface area contributed by atoms with E-state index in [0.29, 0.717) is 56.1 Å². The minimum atomic E-state index is -0.756. The third kappa shape index (κ3) is 22.9. The third-order valence-corrected chi connectivity index (χ3v) is 14.6. The number of allylic oxidation sites excluding steroid dienone is 3. The Hall–Kier alpha value is -5.24. The molecule has 12 nitrogen and oxygen atoms in total. The number of piperazine rings is 2. The Morgan fingerprint density at radius 3 is 1.38 bits per heavy atom. The number of hydrogen-bond acceptors (Lipinski definition) is 11. The lowest BCUT2D eigenvalue weighted by Gasteiger charge is -2.39. The van der Waals surface area contributed by atoms with Crippen LogP contribution in [-0.2, 0) is 16.0 Å². The van der Waals surface area contributed by atoms with Gasteiger partial charge in [-0.25, -0.2) is 0 Å². The second-order valence-corrected chi connectivity index (χ2v) is 21.1. The lowest BCUT2D eigenvalue weighted by molar-refractivity contribution is -0.137. The summed E-state index contributed by atoms with van der Waals surface area (Å²) < 4.78 is 0. The van der Waals surface area contributed by atoms with E-state index in [1.165, 1.54) is 12.0 Å². The van der Waals surface area contributed by atoms with E-state index in [4.69, 9.17) is 10.2 Å². The van der Waals surface area contributed by atoms with Crippen molar-refractivity contribution in [3.8, 4) is 0 Å². The Bertz CT molecular complexity index is 2170. The topological polar surface area (TPSA) is 128 Å². The summed E-state index contributed by atoms with van der Waals surface area (Å²) in [6, 6.07) is 26.3. The van der Waals surface area contributed by atoms with Gasteiger partial charge in [-0.2, -0.15) is 0 Å². The van der Waals surface area contributed by atoms with Gasteiger partial charge in [0.1, 0.15) is 5.78 Å². The number of benzene rings is 3. The Labute approximate surface area is 467 Å². The van der Waals surface area contributed by atoms with Gasteiger partial charge in [0.25, 0.3) is 0 Å². The summed E-state index contributed by atoms with van der Waals surface area (Å²) in [6.07, 6.45) is 11.1. The number of carboxylic acid groups (broad SMARTS) is 1. The van der Waals surface area contributed by atoms with E-state index >= 15 is 0 Å². The number of Topliss-reactive ketones (excluding diaryl/α,β-unsaturated/α-hetero) is 3. The number of likely N-dealkylation sites (N-methyl/N-ethyl adjacent to an activating group) is 2. The molecule has 2 fully saturated rings. The third-order valence-electron chi connectivity index (χ3n) is 14.6. The first-order chi connectivity index (χ1) is 36.7. The van der Waals surface area contributed by atoms with Gasteiger partial charge in [-0.1, -0.05) is 137 Å². The maximum Gasteiger partial charge on any atom is 0.304 e. The summed E-state index contributed by atoms with van der Waals surface area (Å²) >= 11 is 0. The van der Waals surface area contributed by atoms with E-state index in [0.717, 1.165) is 94.3 Å². The number of carbonyl (C=O) groups excluding carboxylic acids is 3. The molecule has 2 aliphatic rings. The lowest BCUT2D eigenvalue weighted by Crippen LogP contribution is -2.52. The van der Waals surface area contributed by atoms with E-state index in [2.05, 4.69) is 96.5 Å². The number of aliphatic hydroxyl groups excluding tert-OH is 1. The van der Waals surface area contributed by atoms with Gasteiger partial charge < -0.3 is 20.0 Å². The molecule has 0 saturated carbocycles. The van der Waals surface area contributed by atoms with Crippen molar-refractivity contribution in [2.24, 2.45) is 11.8 Å². The van der Waals surface area contributed by atoms with E-state index < -0.39 is 17.0 Å². The molecule has 0 radical (unpaired) electrons. The smallest absolute Gasteiger partial charge is 0.304 e. The largest absolute Gasteiger partial charge is 0.481 e. The number of aliphatic carboxylic acids is 1. The number of aliphatic hydroxyl groups is 1. The first kappa shape index (κ1) is 69.8. The molecule has 2 atom stereocenters. The molecule has 2 unspecified atom stereocenters. The first-order valence-corrected chi connectivity index (χ1v) is 28.6. The summed E-state index contributed by atoms with van der Waals surface area (Å²) in [5.74, 6) is 0.635. The molecule has 2 heterocycles. The molecule has 0 aliphatic carbocycles. The fraction of sp³-hybridized carbons (Fsp3) is 0.569. The fourth-order valence-corrected chi connectivity index (χ4v) is 9.42. The minimum Gasteiger partial charge on any atom is -0.481 e. The molecule has 12 heteroatoms. The van der Waals surface area contributed by atoms with E-state index in [1.807, 2.05) is 128 Å². The van der Waals surface area contributed by atoms with Crippen LogP contribution in [0.4, 0.5) is 11.4 Å². The molecule has 5 rings (SSSR count). The standard InChI is InChI=1S/C29H41N3O2.C26H37N3O3.C5H12O.C3H8.C2H6/c1-6-29(30(4)5,22-24-10-8-7-9-11-24)28(34)25-12-14-26(15-13-25)32-20-18-31(19-21-32)17-16-27(33)23(2)3;1-6-9-21(7-2)20-26(8-3,27(4)5)25(32)22-10-12-23(13-11-22)29-18-16-28(17-19-29)15-14-24(30)31;1-5(2)3-4-6;1-3-2;1-2/h7-15,23H,6,16-22H2,1-5H3;6-7,9-13H,1-2,8,14-20H2,3-5H3,(H,30,31);5-6H,3-4H2,1-2H3;3H2,1-2H3;1-2H3/b;21-9+;;;. The fourth-order valence-electron chi connectivity index (χ4n) is 9.42. The Morgan fingerprint density at radius 2 is 1.05 bits per heavy atom. The van der Waals surface area contributed by atoms with Crippen molar-refractivity contribution in [3.63, 3.8) is 0 Å². The molecule has 2 N–H and O–H groups in total. The van der Waals surface area contributed by atoms with E-state index in [-0.39, 0.29) is 23.9 Å². The highest BCUT2D eigenvalue weighted by Gasteiger charge is 2.41. The second-order valence-electron chi connectivity index (χ2n) is 21.1. The SMILES string of the molecule is C=C/C=C(\C=C)CC(CC)(C(=O)c1ccc(N2CCN(CCC(=O)O)CC2)cc1)N(C)C.CC.CC(C)CCO.CCC.CCC(Cc1ccccc1)(C(=O)c1ccc(N2CCN(CCC(=O)C(C)C)CC2)cc1)N(C)C. The van der Waals surface area contributed by atoms with Crippen LogP contribution in [0.3, 0.4) is 0 Å². The van der Waals surface area contributed by atoms with Gasteiger partial charge in [-0.05, 0) is 126 Å². The van der Waals surface area contributed by atoms with Gasteiger partial charge in [-0.15, -0.1) is 0 Å². The van der Waals surface area contributed by atoms with Gasteiger partial charge >= 0.3 is 5.97 Å². The van der Waals surface area contributed by atoms with Gasteiger partial charge in [0.15, 0.2) is 11.6 Å². The molecule has 0 bridgehead atoms. The number of carboxylic acids is 1. The van der Waals surface area contributed by atoms with Gasteiger partial charge in [0.2, 0.25) is 0 Å².